The number of guanidine groups is 1. The highest BCUT2D eigenvalue weighted by Gasteiger charge is 2.14. The minimum absolute atomic E-state index is 0. The zero-order valence-corrected chi connectivity index (χ0v) is 14.2. The Morgan fingerprint density at radius 2 is 2.32 bits per heavy atom. The first-order chi connectivity index (χ1) is 8.83. The standard InChI is InChI=1S/C13H27N3O2.HI/c1-2-3-7-15-13(14)16-8-5-9-17-11-12-6-4-10-18-12;/h12H,2-11H2,1H3,(H3,14,15,16);1H. The zero-order valence-electron chi connectivity index (χ0n) is 11.9. The molecule has 0 aromatic rings. The molecule has 19 heavy (non-hydrogen) atoms. The van der Waals surface area contributed by atoms with Gasteiger partial charge in [-0.2, -0.15) is 0 Å². The first-order valence-corrected chi connectivity index (χ1v) is 7.06. The van der Waals surface area contributed by atoms with Gasteiger partial charge in [-0.3, -0.25) is 4.99 Å². The maximum Gasteiger partial charge on any atom is 0.188 e. The van der Waals surface area contributed by atoms with Gasteiger partial charge in [0.05, 0.1) is 12.7 Å². The van der Waals surface area contributed by atoms with Crippen molar-refractivity contribution in [2.75, 3.05) is 32.9 Å². The number of ether oxygens (including phenoxy) is 2. The summed E-state index contributed by atoms with van der Waals surface area (Å²) in [7, 11) is 0. The van der Waals surface area contributed by atoms with E-state index in [9.17, 15) is 0 Å². The highest BCUT2D eigenvalue weighted by molar-refractivity contribution is 14.0. The molecular formula is C13H28IN3O2. The number of nitrogens with zero attached hydrogens (tertiary/aromatic N) is 1. The van der Waals surface area contributed by atoms with Gasteiger partial charge in [0.1, 0.15) is 0 Å². The molecule has 1 aliphatic rings. The van der Waals surface area contributed by atoms with Crippen LogP contribution in [-0.2, 0) is 9.47 Å². The molecular weight excluding hydrogens is 357 g/mol. The average molecular weight is 385 g/mol. The Kier molecular flexibility index (Phi) is 12.9. The number of halogens is 1. The van der Waals surface area contributed by atoms with Crippen LogP contribution in [0.5, 0.6) is 0 Å². The van der Waals surface area contributed by atoms with Gasteiger partial charge in [-0.1, -0.05) is 13.3 Å². The van der Waals surface area contributed by atoms with Crippen LogP contribution >= 0.6 is 24.0 Å². The Labute approximate surface area is 133 Å². The molecule has 1 saturated heterocycles. The van der Waals surface area contributed by atoms with Crippen LogP contribution in [0.15, 0.2) is 4.99 Å². The Bertz CT molecular complexity index is 234. The molecule has 3 N–H and O–H groups in total. The van der Waals surface area contributed by atoms with E-state index in [4.69, 9.17) is 15.2 Å². The second-order valence-corrected chi connectivity index (χ2v) is 4.61. The van der Waals surface area contributed by atoms with Crippen molar-refractivity contribution in [2.24, 2.45) is 10.7 Å². The Balaban J connectivity index is 0.00000324. The first-order valence-electron chi connectivity index (χ1n) is 7.06. The van der Waals surface area contributed by atoms with Gasteiger partial charge in [0.25, 0.3) is 0 Å². The Morgan fingerprint density at radius 1 is 1.47 bits per heavy atom. The topological polar surface area (TPSA) is 68.9 Å². The maximum atomic E-state index is 5.71. The van der Waals surface area contributed by atoms with E-state index in [0.717, 1.165) is 58.4 Å². The van der Waals surface area contributed by atoms with Gasteiger partial charge >= 0.3 is 0 Å². The monoisotopic (exact) mass is 385 g/mol. The summed E-state index contributed by atoms with van der Waals surface area (Å²) in [6, 6.07) is 0. The molecule has 0 amide bonds. The van der Waals surface area contributed by atoms with Gasteiger partial charge in [0.15, 0.2) is 5.96 Å². The van der Waals surface area contributed by atoms with Crippen LogP contribution < -0.4 is 11.1 Å². The van der Waals surface area contributed by atoms with Crippen LogP contribution in [0, 0.1) is 0 Å². The third-order valence-corrected chi connectivity index (χ3v) is 2.89. The number of unbranched alkanes of at least 4 members (excludes halogenated alkanes) is 1. The van der Waals surface area contributed by atoms with Gasteiger partial charge in [-0.05, 0) is 25.7 Å². The summed E-state index contributed by atoms with van der Waals surface area (Å²) in [4.78, 5) is 4.24. The smallest absolute Gasteiger partial charge is 0.188 e. The number of nitrogens with one attached hydrogen (secondary N) is 1. The van der Waals surface area contributed by atoms with Crippen molar-refractivity contribution < 1.29 is 9.47 Å². The zero-order chi connectivity index (χ0) is 13.1. The van der Waals surface area contributed by atoms with Crippen molar-refractivity contribution in [3.05, 3.63) is 0 Å². The summed E-state index contributed by atoms with van der Waals surface area (Å²) in [6.07, 6.45) is 5.81. The summed E-state index contributed by atoms with van der Waals surface area (Å²) >= 11 is 0. The third kappa shape index (κ3) is 10.4. The molecule has 114 valence electrons. The highest BCUT2D eigenvalue weighted by Crippen LogP contribution is 2.11. The largest absolute Gasteiger partial charge is 0.379 e. The summed E-state index contributed by atoms with van der Waals surface area (Å²) in [6.45, 7) is 6.11. The predicted octanol–water partition coefficient (Wildman–Crippen LogP) is 1.89. The molecule has 0 spiro atoms. The maximum absolute atomic E-state index is 5.71. The number of nitrogens with two attached hydrogens (primary N) is 1. The first kappa shape index (κ1) is 18.9. The van der Waals surface area contributed by atoms with Crippen molar-refractivity contribution in [3.63, 3.8) is 0 Å². The summed E-state index contributed by atoms with van der Waals surface area (Å²) < 4.78 is 11.0. The number of rotatable bonds is 9. The molecule has 6 heteroatoms. The van der Waals surface area contributed by atoms with Crippen molar-refractivity contribution in [3.8, 4) is 0 Å². The molecule has 0 aromatic heterocycles. The quantitative estimate of drug-likeness (QED) is 0.275. The lowest BCUT2D eigenvalue weighted by atomic mass is 10.2. The van der Waals surface area contributed by atoms with E-state index < -0.39 is 0 Å². The van der Waals surface area contributed by atoms with Gasteiger partial charge in [0.2, 0.25) is 0 Å². The van der Waals surface area contributed by atoms with E-state index in [1.54, 1.807) is 0 Å². The molecule has 0 aliphatic carbocycles. The molecule has 0 saturated carbocycles. The number of hydrogen-bond acceptors (Lipinski definition) is 3. The fourth-order valence-corrected chi connectivity index (χ4v) is 1.81. The summed E-state index contributed by atoms with van der Waals surface area (Å²) in [5.74, 6) is 0.544. The van der Waals surface area contributed by atoms with Gasteiger partial charge < -0.3 is 20.5 Å². The van der Waals surface area contributed by atoms with E-state index in [-0.39, 0.29) is 24.0 Å². The molecule has 1 unspecified atom stereocenters. The van der Waals surface area contributed by atoms with E-state index in [1.165, 1.54) is 0 Å². The molecule has 1 fully saturated rings. The summed E-state index contributed by atoms with van der Waals surface area (Å²) in [5, 5.41) is 3.09. The highest BCUT2D eigenvalue weighted by atomic mass is 127. The Hall–Kier alpha value is -0.0800. The van der Waals surface area contributed by atoms with Crippen LogP contribution in [0.1, 0.15) is 39.0 Å². The van der Waals surface area contributed by atoms with Gasteiger partial charge in [0, 0.05) is 26.3 Å². The molecule has 0 bridgehead atoms. The summed E-state index contributed by atoms with van der Waals surface area (Å²) in [5.41, 5.74) is 5.71. The second-order valence-electron chi connectivity index (χ2n) is 4.61. The van der Waals surface area contributed by atoms with E-state index in [1.807, 2.05) is 0 Å². The van der Waals surface area contributed by atoms with Crippen molar-refractivity contribution in [1.29, 1.82) is 0 Å². The SMILES string of the molecule is CCCCNC(N)=NCCCOCC1CCCO1.I. The molecule has 1 heterocycles. The van der Waals surface area contributed by atoms with E-state index in [2.05, 4.69) is 17.2 Å². The minimum atomic E-state index is 0. The van der Waals surface area contributed by atoms with Crippen LogP contribution in [0.25, 0.3) is 0 Å². The molecule has 1 rings (SSSR count). The average Bonchev–Trinajstić information content (AvgIpc) is 2.87. The van der Waals surface area contributed by atoms with Gasteiger partial charge in [-0.15, -0.1) is 24.0 Å². The minimum Gasteiger partial charge on any atom is -0.379 e. The lowest BCUT2D eigenvalue weighted by Gasteiger charge is -2.09. The predicted molar refractivity (Wildman–Crippen MR) is 89.2 cm³/mol. The molecule has 1 atom stereocenters. The normalized spacial score (nSPS) is 19.2. The van der Waals surface area contributed by atoms with Crippen LogP contribution in [0.2, 0.25) is 0 Å². The van der Waals surface area contributed by atoms with Crippen molar-refractivity contribution in [1.82, 2.24) is 5.32 Å². The fourth-order valence-electron chi connectivity index (χ4n) is 1.81. The molecule has 1 aliphatic heterocycles. The number of aliphatic imine (C=N–C) groups is 1. The van der Waals surface area contributed by atoms with Crippen LogP contribution in [0.4, 0.5) is 0 Å². The molecule has 0 radical (unpaired) electrons. The fraction of sp³-hybridized carbons (Fsp3) is 0.923. The second kappa shape index (κ2) is 12.9. The lowest BCUT2D eigenvalue weighted by molar-refractivity contribution is 0.0171. The van der Waals surface area contributed by atoms with E-state index in [0.29, 0.717) is 18.7 Å². The molecule has 5 nitrogen and oxygen atoms in total. The van der Waals surface area contributed by atoms with Crippen LogP contribution in [-0.4, -0.2) is 45.0 Å². The van der Waals surface area contributed by atoms with Crippen LogP contribution in [0.3, 0.4) is 0 Å². The lowest BCUT2D eigenvalue weighted by Crippen LogP contribution is -2.32. The number of hydrogen-bond donors (Lipinski definition) is 2. The van der Waals surface area contributed by atoms with E-state index >= 15 is 0 Å². The molecule has 0 aromatic carbocycles. The Morgan fingerprint density at radius 3 is 3.00 bits per heavy atom. The van der Waals surface area contributed by atoms with Crippen molar-refractivity contribution in [2.45, 2.75) is 45.1 Å². The van der Waals surface area contributed by atoms with Gasteiger partial charge in [-0.25, -0.2) is 0 Å². The third-order valence-electron chi connectivity index (χ3n) is 2.89. The van der Waals surface area contributed by atoms with Crippen molar-refractivity contribution >= 4 is 29.9 Å².